The molecule has 0 spiro atoms. The maximum Gasteiger partial charge on any atom is 0.240 e. The van der Waals surface area contributed by atoms with E-state index in [1.165, 1.54) is 12.8 Å². The van der Waals surface area contributed by atoms with Crippen LogP contribution in [0.2, 0.25) is 0 Å². The highest BCUT2D eigenvalue weighted by Gasteiger charge is 2.15. The van der Waals surface area contributed by atoms with Crippen molar-refractivity contribution in [3.63, 3.8) is 0 Å². The Kier molecular flexibility index (Phi) is 8.09. The molecule has 0 radical (unpaired) electrons. The molecule has 2 atom stereocenters. The molecule has 2 saturated carbocycles. The first-order chi connectivity index (χ1) is 12.0. The monoisotopic (exact) mass is 348 g/mol. The van der Waals surface area contributed by atoms with Crippen LogP contribution in [0.5, 0.6) is 0 Å². The Morgan fingerprint density at radius 1 is 0.880 bits per heavy atom. The molecule has 2 aliphatic carbocycles. The van der Waals surface area contributed by atoms with E-state index < -0.39 is 0 Å². The number of nitrogens with zero attached hydrogens (tertiary/aromatic N) is 2. The molecule has 6 nitrogen and oxygen atoms in total. The SMILES string of the molecule is C[C@H]1CCC/C(=N/NC(=O)CCCC(=O)N/N=C2/CCC[C@H](C)C2)C1. The third kappa shape index (κ3) is 7.80. The van der Waals surface area contributed by atoms with Crippen LogP contribution in [0.1, 0.15) is 84.5 Å². The fraction of sp³-hybridized carbons (Fsp3) is 0.789. The highest BCUT2D eigenvalue weighted by atomic mass is 16.2. The average Bonchev–Trinajstić information content (AvgIpc) is 2.58. The van der Waals surface area contributed by atoms with Crippen molar-refractivity contribution in [3.8, 4) is 0 Å². The molecule has 0 saturated heterocycles. The van der Waals surface area contributed by atoms with E-state index in [9.17, 15) is 9.59 Å². The van der Waals surface area contributed by atoms with E-state index in [1.54, 1.807) is 0 Å². The molecule has 25 heavy (non-hydrogen) atoms. The van der Waals surface area contributed by atoms with Crippen LogP contribution in [0.3, 0.4) is 0 Å². The lowest BCUT2D eigenvalue weighted by Gasteiger charge is -2.19. The zero-order chi connectivity index (χ0) is 18.1. The van der Waals surface area contributed by atoms with E-state index in [0.29, 0.717) is 31.1 Å². The lowest BCUT2D eigenvalue weighted by molar-refractivity contribution is -0.122. The minimum Gasteiger partial charge on any atom is -0.273 e. The van der Waals surface area contributed by atoms with Crippen LogP contribution in [-0.4, -0.2) is 23.2 Å². The van der Waals surface area contributed by atoms with Gasteiger partial charge in [-0.3, -0.25) is 9.59 Å². The first kappa shape index (κ1) is 19.6. The van der Waals surface area contributed by atoms with Crippen molar-refractivity contribution < 1.29 is 9.59 Å². The first-order valence-corrected chi connectivity index (χ1v) is 9.71. The second-order valence-corrected chi connectivity index (χ2v) is 7.68. The summed E-state index contributed by atoms with van der Waals surface area (Å²) < 4.78 is 0. The van der Waals surface area contributed by atoms with Crippen molar-refractivity contribution in [1.82, 2.24) is 10.9 Å². The Balaban J connectivity index is 1.59. The predicted octanol–water partition coefficient (Wildman–Crippen LogP) is 3.52. The van der Waals surface area contributed by atoms with E-state index >= 15 is 0 Å². The molecule has 0 aromatic rings. The van der Waals surface area contributed by atoms with Crippen molar-refractivity contribution in [1.29, 1.82) is 0 Å². The summed E-state index contributed by atoms with van der Waals surface area (Å²) in [4.78, 5) is 23.6. The molecule has 0 bridgehead atoms. The molecule has 140 valence electrons. The van der Waals surface area contributed by atoms with Gasteiger partial charge in [-0.15, -0.1) is 0 Å². The molecule has 2 fully saturated rings. The van der Waals surface area contributed by atoms with Gasteiger partial charge in [0.05, 0.1) is 0 Å². The Bertz CT molecular complexity index is 482. The number of nitrogens with one attached hydrogen (secondary N) is 2. The maximum absolute atomic E-state index is 11.8. The normalized spacial score (nSPS) is 27.3. The molecule has 0 aromatic carbocycles. The van der Waals surface area contributed by atoms with Gasteiger partial charge in [0.25, 0.3) is 0 Å². The minimum absolute atomic E-state index is 0.119. The van der Waals surface area contributed by atoms with Crippen molar-refractivity contribution in [2.24, 2.45) is 22.0 Å². The second kappa shape index (κ2) is 10.3. The van der Waals surface area contributed by atoms with Gasteiger partial charge in [0, 0.05) is 24.3 Å². The molecule has 2 aliphatic rings. The number of carbonyl (C=O) groups excluding carboxylic acids is 2. The molecule has 2 amide bonds. The van der Waals surface area contributed by atoms with Gasteiger partial charge >= 0.3 is 0 Å². The quantitative estimate of drug-likeness (QED) is 0.720. The van der Waals surface area contributed by atoms with Gasteiger partial charge in [-0.1, -0.05) is 13.8 Å². The topological polar surface area (TPSA) is 82.9 Å². The van der Waals surface area contributed by atoms with Gasteiger partial charge in [0.2, 0.25) is 11.8 Å². The molecule has 0 aliphatic heterocycles. The van der Waals surface area contributed by atoms with Crippen LogP contribution in [0, 0.1) is 11.8 Å². The highest BCUT2D eigenvalue weighted by Crippen LogP contribution is 2.21. The van der Waals surface area contributed by atoms with Crippen molar-refractivity contribution in [2.45, 2.75) is 84.5 Å². The number of carbonyl (C=O) groups is 2. The van der Waals surface area contributed by atoms with Crippen molar-refractivity contribution in [2.75, 3.05) is 0 Å². The number of hydrogen-bond acceptors (Lipinski definition) is 4. The first-order valence-electron chi connectivity index (χ1n) is 9.71. The van der Waals surface area contributed by atoms with E-state index in [4.69, 9.17) is 0 Å². The van der Waals surface area contributed by atoms with E-state index in [1.807, 2.05) is 0 Å². The molecule has 2 N–H and O–H groups in total. The number of hydrazone groups is 2. The minimum atomic E-state index is -0.119. The predicted molar refractivity (Wildman–Crippen MR) is 100 cm³/mol. The van der Waals surface area contributed by atoms with Crippen LogP contribution < -0.4 is 10.9 Å². The summed E-state index contributed by atoms with van der Waals surface area (Å²) >= 11 is 0. The van der Waals surface area contributed by atoms with E-state index in [0.717, 1.165) is 49.9 Å². The van der Waals surface area contributed by atoms with E-state index in [-0.39, 0.29) is 11.8 Å². The van der Waals surface area contributed by atoms with Gasteiger partial charge in [0.1, 0.15) is 0 Å². The molecule has 6 heteroatoms. The van der Waals surface area contributed by atoms with Crippen LogP contribution in [0.4, 0.5) is 0 Å². The number of hydrogen-bond donors (Lipinski definition) is 2. The van der Waals surface area contributed by atoms with Crippen LogP contribution in [-0.2, 0) is 9.59 Å². The number of rotatable bonds is 6. The molecule has 0 heterocycles. The average molecular weight is 348 g/mol. The van der Waals surface area contributed by atoms with E-state index in [2.05, 4.69) is 34.9 Å². The summed E-state index contributed by atoms with van der Waals surface area (Å²) in [5.41, 5.74) is 7.42. The summed E-state index contributed by atoms with van der Waals surface area (Å²) in [6.07, 6.45) is 9.83. The van der Waals surface area contributed by atoms with Gasteiger partial charge in [0.15, 0.2) is 0 Å². The standard InChI is InChI=1S/C19H32N4O2/c1-14-6-3-8-16(12-14)20-22-18(24)10-5-11-19(25)23-21-17-9-4-7-15(2)13-17/h14-15H,3-13H2,1-2H3,(H,22,24)(H,23,25)/b20-16-,21-17-/t14-,15-/m0/s1. The van der Waals surface area contributed by atoms with Crippen LogP contribution in [0.15, 0.2) is 10.2 Å². The van der Waals surface area contributed by atoms with Crippen LogP contribution >= 0.6 is 0 Å². The summed E-state index contributed by atoms with van der Waals surface area (Å²) in [6, 6.07) is 0. The summed E-state index contributed by atoms with van der Waals surface area (Å²) in [5, 5.41) is 8.46. The molecular formula is C19H32N4O2. The third-order valence-corrected chi connectivity index (χ3v) is 4.98. The fourth-order valence-electron chi connectivity index (χ4n) is 3.53. The van der Waals surface area contributed by atoms with Crippen LogP contribution in [0.25, 0.3) is 0 Å². The third-order valence-electron chi connectivity index (χ3n) is 4.98. The Morgan fingerprint density at radius 3 is 1.72 bits per heavy atom. The number of amides is 2. The molecule has 0 aromatic heterocycles. The van der Waals surface area contributed by atoms with Gasteiger partial charge in [-0.2, -0.15) is 10.2 Å². The summed E-state index contributed by atoms with van der Waals surface area (Å²) in [5.74, 6) is 1.07. The Morgan fingerprint density at radius 2 is 1.32 bits per heavy atom. The van der Waals surface area contributed by atoms with Crippen molar-refractivity contribution in [3.05, 3.63) is 0 Å². The maximum atomic E-state index is 11.8. The second-order valence-electron chi connectivity index (χ2n) is 7.68. The summed E-state index contributed by atoms with van der Waals surface area (Å²) in [6.45, 7) is 4.43. The van der Waals surface area contributed by atoms with Gasteiger partial charge in [-0.25, -0.2) is 10.9 Å². The summed E-state index contributed by atoms with van der Waals surface area (Å²) in [7, 11) is 0. The highest BCUT2D eigenvalue weighted by molar-refractivity contribution is 5.88. The smallest absolute Gasteiger partial charge is 0.240 e. The zero-order valence-corrected chi connectivity index (χ0v) is 15.6. The lowest BCUT2D eigenvalue weighted by atomic mass is 9.89. The van der Waals surface area contributed by atoms with Gasteiger partial charge < -0.3 is 0 Å². The molecular weight excluding hydrogens is 316 g/mol. The Labute approximate surface area is 150 Å². The van der Waals surface area contributed by atoms with Crippen molar-refractivity contribution >= 4 is 23.2 Å². The Hall–Kier alpha value is -1.72. The largest absolute Gasteiger partial charge is 0.273 e. The molecule has 0 unspecified atom stereocenters. The molecule has 2 rings (SSSR count). The van der Waals surface area contributed by atoms with Gasteiger partial charge in [-0.05, 0) is 69.6 Å². The lowest BCUT2D eigenvalue weighted by Crippen LogP contribution is -2.24. The zero-order valence-electron chi connectivity index (χ0n) is 15.6. The fourth-order valence-corrected chi connectivity index (χ4v) is 3.53.